The van der Waals surface area contributed by atoms with Crippen LogP contribution in [0.3, 0.4) is 0 Å². The maximum Gasteiger partial charge on any atom is 0.164 e. The van der Waals surface area contributed by atoms with Crippen LogP contribution in [0.2, 0.25) is 0 Å². The number of rotatable bonds is 4. The van der Waals surface area contributed by atoms with Gasteiger partial charge in [-0.2, -0.15) is 0 Å². The van der Waals surface area contributed by atoms with Gasteiger partial charge in [-0.05, 0) is 71.3 Å². The van der Waals surface area contributed by atoms with Crippen molar-refractivity contribution in [1.29, 1.82) is 0 Å². The Bertz CT molecular complexity index is 1990. The average Bonchev–Trinajstić information content (AvgIpc) is 3.24. The number of nitrogens with zero attached hydrogens (tertiary/aromatic N) is 3. The Hall–Kier alpha value is -4.89. The molecular formula is C39H33N3. The van der Waals surface area contributed by atoms with Crippen LogP contribution in [-0.4, -0.2) is 15.0 Å². The van der Waals surface area contributed by atoms with Gasteiger partial charge in [0, 0.05) is 22.1 Å². The number of aryl methyl sites for hydroxylation is 3. The molecule has 204 valence electrons. The van der Waals surface area contributed by atoms with Crippen molar-refractivity contribution < 1.29 is 0 Å². The van der Waals surface area contributed by atoms with Gasteiger partial charge in [0.2, 0.25) is 0 Å². The van der Waals surface area contributed by atoms with E-state index in [0.717, 1.165) is 22.3 Å². The van der Waals surface area contributed by atoms with Crippen molar-refractivity contribution in [3.05, 3.63) is 137 Å². The molecule has 1 aliphatic rings. The first-order valence-electron chi connectivity index (χ1n) is 14.5. The number of hydrogen-bond acceptors (Lipinski definition) is 3. The Morgan fingerprint density at radius 1 is 0.452 bits per heavy atom. The summed E-state index contributed by atoms with van der Waals surface area (Å²) in [5, 5.41) is 0. The summed E-state index contributed by atoms with van der Waals surface area (Å²) in [5.74, 6) is 2.04. The van der Waals surface area contributed by atoms with Crippen molar-refractivity contribution in [2.75, 3.05) is 0 Å². The van der Waals surface area contributed by atoms with E-state index in [0.29, 0.717) is 17.5 Å². The number of aromatic nitrogens is 3. The summed E-state index contributed by atoms with van der Waals surface area (Å²) in [6.07, 6.45) is 0. The van der Waals surface area contributed by atoms with Crippen molar-refractivity contribution in [1.82, 2.24) is 15.0 Å². The van der Waals surface area contributed by atoms with Crippen LogP contribution >= 0.6 is 0 Å². The third-order valence-corrected chi connectivity index (χ3v) is 8.67. The zero-order valence-electron chi connectivity index (χ0n) is 24.7. The first-order chi connectivity index (χ1) is 20.3. The van der Waals surface area contributed by atoms with Crippen LogP contribution in [0.4, 0.5) is 0 Å². The molecular weight excluding hydrogens is 510 g/mol. The van der Waals surface area contributed by atoms with E-state index in [1.54, 1.807) is 0 Å². The minimum absolute atomic E-state index is 0.104. The van der Waals surface area contributed by atoms with Crippen LogP contribution in [0, 0.1) is 20.8 Å². The summed E-state index contributed by atoms with van der Waals surface area (Å²) in [6, 6.07) is 38.6. The predicted octanol–water partition coefficient (Wildman–Crippen LogP) is 9.77. The summed E-state index contributed by atoms with van der Waals surface area (Å²) in [6.45, 7) is 11.1. The summed E-state index contributed by atoms with van der Waals surface area (Å²) >= 11 is 0. The molecule has 1 heterocycles. The second-order valence-electron chi connectivity index (χ2n) is 11.9. The predicted molar refractivity (Wildman–Crippen MR) is 173 cm³/mol. The van der Waals surface area contributed by atoms with Gasteiger partial charge in [-0.15, -0.1) is 0 Å². The summed E-state index contributed by atoms with van der Waals surface area (Å²) in [4.78, 5) is 15.3. The molecule has 0 amide bonds. The first kappa shape index (κ1) is 26.0. The second-order valence-corrected chi connectivity index (χ2v) is 11.9. The minimum Gasteiger partial charge on any atom is -0.208 e. The van der Waals surface area contributed by atoms with E-state index >= 15 is 0 Å². The molecule has 0 atom stereocenters. The molecule has 0 saturated heterocycles. The lowest BCUT2D eigenvalue weighted by atomic mass is 9.82. The third-order valence-electron chi connectivity index (χ3n) is 8.67. The number of fused-ring (bicyclic) bond motifs is 3. The average molecular weight is 544 g/mol. The van der Waals surface area contributed by atoms with Crippen molar-refractivity contribution in [3.8, 4) is 56.4 Å². The highest BCUT2D eigenvalue weighted by molar-refractivity contribution is 5.86. The fraction of sp³-hybridized carbons (Fsp3) is 0.154. The van der Waals surface area contributed by atoms with E-state index in [2.05, 4.69) is 126 Å². The number of hydrogen-bond donors (Lipinski definition) is 0. The van der Waals surface area contributed by atoms with E-state index in [4.69, 9.17) is 15.0 Å². The van der Waals surface area contributed by atoms with E-state index in [1.807, 2.05) is 18.2 Å². The lowest BCUT2D eigenvalue weighted by Gasteiger charge is -2.22. The highest BCUT2D eigenvalue weighted by Gasteiger charge is 2.35. The van der Waals surface area contributed by atoms with Gasteiger partial charge in [-0.3, -0.25) is 0 Å². The van der Waals surface area contributed by atoms with Gasteiger partial charge in [-0.1, -0.05) is 123 Å². The first-order valence-corrected chi connectivity index (χ1v) is 14.5. The highest BCUT2D eigenvalue weighted by Crippen LogP contribution is 2.49. The third kappa shape index (κ3) is 4.24. The van der Waals surface area contributed by atoms with Crippen LogP contribution in [0.1, 0.15) is 41.7 Å². The molecule has 5 aromatic carbocycles. The van der Waals surface area contributed by atoms with Gasteiger partial charge in [-0.25, -0.2) is 15.0 Å². The lowest BCUT2D eigenvalue weighted by Crippen LogP contribution is -2.15. The normalized spacial score (nSPS) is 13.1. The van der Waals surface area contributed by atoms with Gasteiger partial charge >= 0.3 is 0 Å². The standard InChI is InChI=1S/C39H33N3/c1-24-18-20-29(26(3)22-24)35-25(2)12-11-16-32(35)38-41-36(27-13-7-6-8-14-27)40-37(42-38)28-19-21-31-30-15-9-10-17-33(30)39(4,5)34(31)23-28/h6-23H,1-5H3. The van der Waals surface area contributed by atoms with Crippen molar-refractivity contribution in [3.63, 3.8) is 0 Å². The van der Waals surface area contributed by atoms with Crippen LogP contribution in [0.25, 0.3) is 56.4 Å². The van der Waals surface area contributed by atoms with Gasteiger partial charge in [0.05, 0.1) is 0 Å². The van der Waals surface area contributed by atoms with Gasteiger partial charge in [0.15, 0.2) is 17.5 Å². The molecule has 3 heteroatoms. The maximum atomic E-state index is 5.17. The molecule has 7 rings (SSSR count). The Kier molecular flexibility index (Phi) is 6.13. The highest BCUT2D eigenvalue weighted by atomic mass is 15.0. The van der Waals surface area contributed by atoms with Gasteiger partial charge in [0.25, 0.3) is 0 Å². The zero-order chi connectivity index (χ0) is 29.0. The van der Waals surface area contributed by atoms with Crippen LogP contribution < -0.4 is 0 Å². The molecule has 0 N–H and O–H groups in total. The van der Waals surface area contributed by atoms with E-state index < -0.39 is 0 Å². The molecule has 0 spiro atoms. The van der Waals surface area contributed by atoms with Crippen molar-refractivity contribution in [2.45, 2.75) is 40.0 Å². The molecule has 0 radical (unpaired) electrons. The molecule has 0 saturated carbocycles. The van der Waals surface area contributed by atoms with E-state index in [1.165, 1.54) is 44.5 Å². The van der Waals surface area contributed by atoms with Gasteiger partial charge < -0.3 is 0 Å². The Morgan fingerprint density at radius 3 is 1.88 bits per heavy atom. The minimum atomic E-state index is -0.104. The topological polar surface area (TPSA) is 38.7 Å². The summed E-state index contributed by atoms with van der Waals surface area (Å²) < 4.78 is 0. The molecule has 0 fully saturated rings. The smallest absolute Gasteiger partial charge is 0.164 e. The SMILES string of the molecule is Cc1ccc(-c2c(C)cccc2-c2nc(-c3ccccc3)nc(-c3ccc4c(c3)C(C)(C)c3ccccc3-4)n2)c(C)c1. The molecule has 0 aliphatic heterocycles. The van der Waals surface area contributed by atoms with Crippen LogP contribution in [0.15, 0.2) is 109 Å². The Morgan fingerprint density at radius 2 is 1.10 bits per heavy atom. The molecule has 1 aromatic heterocycles. The summed E-state index contributed by atoms with van der Waals surface area (Å²) in [7, 11) is 0. The number of benzene rings is 5. The quantitative estimate of drug-likeness (QED) is 0.222. The Labute approximate surface area is 248 Å². The van der Waals surface area contributed by atoms with Crippen molar-refractivity contribution in [2.24, 2.45) is 0 Å². The fourth-order valence-electron chi connectivity index (χ4n) is 6.49. The van der Waals surface area contributed by atoms with Gasteiger partial charge in [0.1, 0.15) is 0 Å². The maximum absolute atomic E-state index is 5.17. The Balaban J connectivity index is 1.45. The summed E-state index contributed by atoms with van der Waals surface area (Å²) in [5.41, 5.74) is 14.2. The zero-order valence-corrected chi connectivity index (χ0v) is 24.7. The largest absolute Gasteiger partial charge is 0.208 e. The fourth-order valence-corrected chi connectivity index (χ4v) is 6.49. The second kappa shape index (κ2) is 9.88. The molecule has 1 aliphatic carbocycles. The van der Waals surface area contributed by atoms with Crippen molar-refractivity contribution >= 4 is 0 Å². The van der Waals surface area contributed by atoms with Crippen LogP contribution in [0.5, 0.6) is 0 Å². The molecule has 0 unspecified atom stereocenters. The van der Waals surface area contributed by atoms with E-state index in [-0.39, 0.29) is 5.41 Å². The molecule has 0 bridgehead atoms. The van der Waals surface area contributed by atoms with E-state index in [9.17, 15) is 0 Å². The van der Waals surface area contributed by atoms with Crippen LogP contribution in [-0.2, 0) is 5.41 Å². The lowest BCUT2D eigenvalue weighted by molar-refractivity contribution is 0.660. The molecule has 42 heavy (non-hydrogen) atoms. The molecule has 6 aromatic rings. The molecule has 3 nitrogen and oxygen atoms in total. The monoisotopic (exact) mass is 543 g/mol.